The smallest absolute Gasteiger partial charge is 0.0624 e. The minimum atomic E-state index is -0.186. The van der Waals surface area contributed by atoms with Crippen LogP contribution in [-0.2, 0) is 9.47 Å². The van der Waals surface area contributed by atoms with Crippen LogP contribution in [0.4, 0.5) is 0 Å². The molecule has 4 heteroatoms. The summed E-state index contributed by atoms with van der Waals surface area (Å²) in [5, 5.41) is 9.85. The SMILES string of the molecule is CC1COCCN1CC1COCCC1O. The highest BCUT2D eigenvalue weighted by Gasteiger charge is 2.28. The fourth-order valence-electron chi connectivity index (χ4n) is 2.29. The number of aliphatic hydroxyl groups excluding tert-OH is 1. The summed E-state index contributed by atoms with van der Waals surface area (Å²) in [6.45, 7) is 7.12. The van der Waals surface area contributed by atoms with E-state index in [1.807, 2.05) is 0 Å². The van der Waals surface area contributed by atoms with E-state index in [2.05, 4.69) is 11.8 Å². The summed E-state index contributed by atoms with van der Waals surface area (Å²) in [6, 6.07) is 0.466. The molecule has 0 saturated carbocycles. The van der Waals surface area contributed by atoms with Gasteiger partial charge in [0.15, 0.2) is 0 Å². The van der Waals surface area contributed by atoms with Gasteiger partial charge in [0.1, 0.15) is 0 Å². The predicted octanol–water partition coefficient (Wildman–Crippen LogP) is 0.104. The molecule has 0 aromatic rings. The second kappa shape index (κ2) is 5.25. The Balaban J connectivity index is 1.83. The van der Waals surface area contributed by atoms with Crippen LogP contribution in [0.1, 0.15) is 13.3 Å². The molecule has 1 N–H and O–H groups in total. The zero-order chi connectivity index (χ0) is 10.7. The standard InChI is InChI=1S/C11H21NO3/c1-9-7-15-5-3-12(9)6-10-8-14-4-2-11(10)13/h9-11,13H,2-8H2,1H3. The molecule has 0 aromatic carbocycles. The zero-order valence-corrected chi connectivity index (χ0v) is 9.39. The van der Waals surface area contributed by atoms with Crippen molar-refractivity contribution in [2.75, 3.05) is 39.5 Å². The number of rotatable bonds is 2. The number of nitrogens with zero attached hydrogens (tertiary/aromatic N) is 1. The van der Waals surface area contributed by atoms with E-state index in [1.165, 1.54) is 0 Å². The van der Waals surface area contributed by atoms with Crippen LogP contribution in [0.2, 0.25) is 0 Å². The van der Waals surface area contributed by atoms with Gasteiger partial charge in [0, 0.05) is 31.7 Å². The molecule has 3 atom stereocenters. The van der Waals surface area contributed by atoms with E-state index in [4.69, 9.17) is 9.47 Å². The molecule has 0 amide bonds. The van der Waals surface area contributed by atoms with Crippen LogP contribution < -0.4 is 0 Å². The van der Waals surface area contributed by atoms with Crippen molar-refractivity contribution >= 4 is 0 Å². The maximum absolute atomic E-state index is 9.85. The van der Waals surface area contributed by atoms with Crippen molar-refractivity contribution in [1.29, 1.82) is 0 Å². The van der Waals surface area contributed by atoms with Crippen LogP contribution in [0.25, 0.3) is 0 Å². The van der Waals surface area contributed by atoms with Gasteiger partial charge in [0.25, 0.3) is 0 Å². The molecule has 2 heterocycles. The molecule has 4 nitrogen and oxygen atoms in total. The Kier molecular flexibility index (Phi) is 3.97. The first kappa shape index (κ1) is 11.3. The van der Waals surface area contributed by atoms with E-state index in [0.29, 0.717) is 19.3 Å². The van der Waals surface area contributed by atoms with Gasteiger partial charge in [-0.15, -0.1) is 0 Å². The minimum Gasteiger partial charge on any atom is -0.393 e. The molecule has 3 unspecified atom stereocenters. The highest BCUT2D eigenvalue weighted by Crippen LogP contribution is 2.18. The second-order valence-corrected chi connectivity index (χ2v) is 4.61. The summed E-state index contributed by atoms with van der Waals surface area (Å²) in [5.74, 6) is 0.277. The number of hydrogen-bond donors (Lipinski definition) is 1. The summed E-state index contributed by atoms with van der Waals surface area (Å²) >= 11 is 0. The summed E-state index contributed by atoms with van der Waals surface area (Å²) in [7, 11) is 0. The van der Waals surface area contributed by atoms with Crippen LogP contribution in [0.15, 0.2) is 0 Å². The highest BCUT2D eigenvalue weighted by molar-refractivity contribution is 4.79. The zero-order valence-electron chi connectivity index (χ0n) is 9.39. The van der Waals surface area contributed by atoms with Crippen molar-refractivity contribution in [3.8, 4) is 0 Å². The Bertz CT molecular complexity index is 180. The van der Waals surface area contributed by atoms with Gasteiger partial charge >= 0.3 is 0 Å². The molecule has 2 aliphatic heterocycles. The highest BCUT2D eigenvalue weighted by atomic mass is 16.5. The molecule has 15 heavy (non-hydrogen) atoms. The third-order valence-electron chi connectivity index (χ3n) is 3.41. The lowest BCUT2D eigenvalue weighted by molar-refractivity contribution is -0.0683. The molecule has 2 saturated heterocycles. The van der Waals surface area contributed by atoms with Crippen molar-refractivity contribution in [2.24, 2.45) is 5.92 Å². The molecule has 2 rings (SSSR count). The average molecular weight is 215 g/mol. The Hall–Kier alpha value is -0.160. The topological polar surface area (TPSA) is 41.9 Å². The third-order valence-corrected chi connectivity index (χ3v) is 3.41. The predicted molar refractivity (Wildman–Crippen MR) is 56.8 cm³/mol. The van der Waals surface area contributed by atoms with Crippen LogP contribution in [0.3, 0.4) is 0 Å². The van der Waals surface area contributed by atoms with E-state index >= 15 is 0 Å². The van der Waals surface area contributed by atoms with Crippen LogP contribution in [0, 0.1) is 5.92 Å². The number of ether oxygens (including phenoxy) is 2. The number of morpholine rings is 1. The fraction of sp³-hybridized carbons (Fsp3) is 1.00. The van der Waals surface area contributed by atoms with Gasteiger partial charge in [-0.1, -0.05) is 0 Å². The summed E-state index contributed by atoms with van der Waals surface area (Å²) in [4.78, 5) is 2.39. The van der Waals surface area contributed by atoms with Crippen LogP contribution >= 0.6 is 0 Å². The van der Waals surface area contributed by atoms with E-state index in [9.17, 15) is 5.11 Å². The van der Waals surface area contributed by atoms with Gasteiger partial charge in [-0.2, -0.15) is 0 Å². The third kappa shape index (κ3) is 2.91. The Morgan fingerprint density at radius 2 is 2.07 bits per heavy atom. The monoisotopic (exact) mass is 215 g/mol. The van der Waals surface area contributed by atoms with E-state index in [0.717, 1.165) is 32.7 Å². The fourth-order valence-corrected chi connectivity index (χ4v) is 2.29. The lowest BCUT2D eigenvalue weighted by Gasteiger charge is -2.38. The first-order chi connectivity index (χ1) is 7.27. The average Bonchev–Trinajstić information content (AvgIpc) is 2.24. The number of aliphatic hydroxyl groups is 1. The summed E-state index contributed by atoms with van der Waals surface area (Å²) in [5.41, 5.74) is 0. The van der Waals surface area contributed by atoms with Gasteiger partial charge in [-0.05, 0) is 13.3 Å². The minimum absolute atomic E-state index is 0.186. The molecule has 0 radical (unpaired) electrons. The number of hydrogen-bond acceptors (Lipinski definition) is 4. The molecule has 2 fully saturated rings. The van der Waals surface area contributed by atoms with Gasteiger partial charge in [-0.3, -0.25) is 4.90 Å². The van der Waals surface area contributed by atoms with Crippen molar-refractivity contribution in [3.05, 3.63) is 0 Å². The summed E-state index contributed by atoms with van der Waals surface area (Å²) < 4.78 is 10.8. The van der Waals surface area contributed by atoms with E-state index in [-0.39, 0.29) is 12.0 Å². The molecule has 0 aliphatic carbocycles. The van der Waals surface area contributed by atoms with E-state index < -0.39 is 0 Å². The summed E-state index contributed by atoms with van der Waals surface area (Å²) in [6.07, 6.45) is 0.595. The maximum atomic E-state index is 9.85. The van der Waals surface area contributed by atoms with Crippen LogP contribution in [0.5, 0.6) is 0 Å². The van der Waals surface area contributed by atoms with Crippen molar-refractivity contribution < 1.29 is 14.6 Å². The maximum Gasteiger partial charge on any atom is 0.0624 e. The Labute approximate surface area is 91.2 Å². The molecule has 0 bridgehead atoms. The van der Waals surface area contributed by atoms with Gasteiger partial charge < -0.3 is 14.6 Å². The van der Waals surface area contributed by atoms with E-state index in [1.54, 1.807) is 0 Å². The van der Waals surface area contributed by atoms with Crippen molar-refractivity contribution in [3.63, 3.8) is 0 Å². The normalized spacial score (nSPS) is 39.2. The second-order valence-electron chi connectivity index (χ2n) is 4.61. The molecule has 0 spiro atoms. The molecular weight excluding hydrogens is 194 g/mol. The molecular formula is C11H21NO3. The quantitative estimate of drug-likeness (QED) is 0.709. The van der Waals surface area contributed by atoms with Gasteiger partial charge in [-0.25, -0.2) is 0 Å². The first-order valence-corrected chi connectivity index (χ1v) is 5.85. The molecule has 88 valence electrons. The lowest BCUT2D eigenvalue weighted by Crippen LogP contribution is -2.49. The Morgan fingerprint density at radius 1 is 1.27 bits per heavy atom. The van der Waals surface area contributed by atoms with Crippen molar-refractivity contribution in [2.45, 2.75) is 25.5 Å². The van der Waals surface area contributed by atoms with Gasteiger partial charge in [0.2, 0.25) is 0 Å². The van der Waals surface area contributed by atoms with Crippen LogP contribution in [-0.4, -0.2) is 61.7 Å². The first-order valence-electron chi connectivity index (χ1n) is 5.85. The largest absolute Gasteiger partial charge is 0.393 e. The Morgan fingerprint density at radius 3 is 2.80 bits per heavy atom. The van der Waals surface area contributed by atoms with Gasteiger partial charge in [0.05, 0.1) is 25.9 Å². The lowest BCUT2D eigenvalue weighted by atomic mass is 9.97. The molecule has 0 aromatic heterocycles. The molecule has 2 aliphatic rings. The van der Waals surface area contributed by atoms with Crippen molar-refractivity contribution in [1.82, 2.24) is 4.90 Å².